The Morgan fingerprint density at radius 2 is 1.94 bits per heavy atom. The van der Waals surface area contributed by atoms with Crippen LogP contribution >= 0.6 is 0 Å². The fraction of sp³-hybridized carbons (Fsp3) is 0.692. The summed E-state index contributed by atoms with van der Waals surface area (Å²) in [6, 6.07) is 2.15. The van der Waals surface area contributed by atoms with Crippen LogP contribution < -0.4 is 10.6 Å². The van der Waals surface area contributed by atoms with E-state index >= 15 is 0 Å². The zero-order valence-corrected chi connectivity index (χ0v) is 29.6. The van der Waals surface area contributed by atoms with Crippen LogP contribution in [0.2, 0.25) is 0 Å². The Labute approximate surface area is 297 Å². The highest BCUT2D eigenvalue weighted by Crippen LogP contribution is 2.54. The lowest BCUT2D eigenvalue weighted by Crippen LogP contribution is -2.78. The number of carboxylic acid groups (broad SMARTS) is 1. The molecular weight excluding hydrogens is 658 g/mol. The van der Waals surface area contributed by atoms with E-state index in [4.69, 9.17) is 18.9 Å². The number of carboxylic acids is 1. The number of rotatable bonds is 11. The third-order valence-electron chi connectivity index (χ3n) is 12.8. The first-order valence-electron chi connectivity index (χ1n) is 18.8. The van der Waals surface area contributed by atoms with Crippen molar-refractivity contribution in [3.63, 3.8) is 0 Å². The molecule has 0 radical (unpaired) electrons. The minimum atomic E-state index is -1.95. The van der Waals surface area contributed by atoms with Crippen molar-refractivity contribution in [3.05, 3.63) is 46.1 Å². The Morgan fingerprint density at radius 1 is 1.16 bits per heavy atom. The molecule has 12 nitrogen and oxygen atoms in total. The highest BCUT2D eigenvalue weighted by atomic mass is 16.7. The number of nitrogens with one attached hydrogen (secondary N) is 1. The molecule has 1 aromatic rings. The lowest BCUT2D eigenvalue weighted by atomic mass is 9.63. The van der Waals surface area contributed by atoms with Crippen molar-refractivity contribution in [1.82, 2.24) is 4.98 Å². The number of H-pyrrole nitrogens is 1. The van der Waals surface area contributed by atoms with E-state index in [-0.39, 0.29) is 36.9 Å². The molecule has 10 atom stereocenters. The average molecular weight is 712 g/mol. The summed E-state index contributed by atoms with van der Waals surface area (Å²) in [5, 5.41) is 57.1. The van der Waals surface area contributed by atoms with Crippen molar-refractivity contribution in [1.29, 1.82) is 0 Å². The van der Waals surface area contributed by atoms with E-state index in [9.17, 15) is 35.1 Å². The highest BCUT2D eigenvalue weighted by Gasteiger charge is 2.70. The molecule has 6 N–H and O–H groups in total. The van der Waals surface area contributed by atoms with Crippen molar-refractivity contribution in [3.8, 4) is 0 Å². The van der Waals surface area contributed by atoms with Gasteiger partial charge in [0.15, 0.2) is 11.9 Å². The van der Waals surface area contributed by atoms with Gasteiger partial charge in [0.2, 0.25) is 0 Å². The van der Waals surface area contributed by atoms with E-state index in [0.29, 0.717) is 43.8 Å². The summed E-state index contributed by atoms with van der Waals surface area (Å²) < 4.78 is 25.0. The van der Waals surface area contributed by atoms with Gasteiger partial charge in [0.1, 0.15) is 23.6 Å². The van der Waals surface area contributed by atoms with Crippen molar-refractivity contribution in [2.24, 2.45) is 23.7 Å². The first-order valence-corrected chi connectivity index (χ1v) is 18.8. The number of carbonyl (C=O) groups excluding carboxylic acids is 1. The Morgan fingerprint density at radius 3 is 2.65 bits per heavy atom. The minimum absolute atomic E-state index is 0.0622. The maximum atomic E-state index is 12.8. The lowest BCUT2D eigenvalue weighted by molar-refractivity contribution is -0.375. The van der Waals surface area contributed by atoms with Crippen molar-refractivity contribution >= 4 is 23.3 Å². The largest absolute Gasteiger partial charge is 0.481 e. The van der Waals surface area contributed by atoms with Gasteiger partial charge in [-0.3, -0.25) is 4.79 Å². The number of aromatic nitrogens is 1. The number of aliphatic carboxylic acids is 1. The van der Waals surface area contributed by atoms with Crippen LogP contribution in [-0.4, -0.2) is 98.6 Å². The number of aromatic amines is 1. The smallest absolute Gasteiger partial charge is 0.333 e. The van der Waals surface area contributed by atoms with Gasteiger partial charge in [0.05, 0.1) is 31.6 Å². The van der Waals surface area contributed by atoms with Crippen LogP contribution in [0.25, 0.3) is 11.3 Å². The number of carbonyl (C=O) groups is 2. The van der Waals surface area contributed by atoms with Crippen molar-refractivity contribution < 1.29 is 54.1 Å². The topological polar surface area (TPSA) is 188 Å². The van der Waals surface area contributed by atoms with Gasteiger partial charge in [-0.15, -0.1) is 0 Å². The summed E-state index contributed by atoms with van der Waals surface area (Å²) in [6.07, 6.45) is 9.00. The fourth-order valence-corrected chi connectivity index (χ4v) is 10.1. The molecule has 10 unspecified atom stereocenters. The van der Waals surface area contributed by atoms with Gasteiger partial charge in [-0.05, 0) is 68.4 Å². The first-order chi connectivity index (χ1) is 24.6. The van der Waals surface area contributed by atoms with Crippen LogP contribution in [0.4, 0.5) is 0 Å². The predicted molar refractivity (Wildman–Crippen MR) is 184 cm³/mol. The highest BCUT2D eigenvalue weighted by molar-refractivity contribution is 5.90. The number of ether oxygens (including phenoxy) is 4. The molecule has 280 valence electrons. The lowest BCUT2D eigenvalue weighted by Gasteiger charge is -2.60. The second kappa shape index (κ2) is 14.4. The van der Waals surface area contributed by atoms with E-state index in [0.717, 1.165) is 21.8 Å². The summed E-state index contributed by atoms with van der Waals surface area (Å²) in [6.45, 7) is 1.65. The Bertz CT molecular complexity index is 1680. The van der Waals surface area contributed by atoms with Crippen LogP contribution in [0.3, 0.4) is 0 Å². The number of hydrogen-bond acceptors (Lipinski definition) is 10. The number of aliphatic hydroxyl groups is 4. The first kappa shape index (κ1) is 36.4. The average Bonchev–Trinajstić information content (AvgIpc) is 3.52. The molecule has 2 aliphatic heterocycles. The molecule has 0 aromatic carbocycles. The van der Waals surface area contributed by atoms with Crippen LogP contribution in [0.5, 0.6) is 0 Å². The molecule has 51 heavy (non-hydrogen) atoms. The van der Waals surface area contributed by atoms with Crippen molar-refractivity contribution in [2.45, 2.75) is 126 Å². The number of aliphatic hydroxyl groups excluding tert-OH is 3. The molecule has 1 saturated heterocycles. The summed E-state index contributed by atoms with van der Waals surface area (Å²) in [5.74, 6) is -1.94. The van der Waals surface area contributed by atoms with Crippen molar-refractivity contribution in [2.75, 3.05) is 20.3 Å². The van der Waals surface area contributed by atoms with Crippen LogP contribution in [-0.2, 0) is 28.5 Å². The van der Waals surface area contributed by atoms with E-state index in [1.165, 1.54) is 39.2 Å². The second-order valence-electron chi connectivity index (χ2n) is 15.5. The van der Waals surface area contributed by atoms with Crippen LogP contribution in [0.15, 0.2) is 29.9 Å². The molecule has 2 saturated carbocycles. The fourth-order valence-electron chi connectivity index (χ4n) is 10.1. The molecule has 3 heterocycles. The predicted octanol–water partition coefficient (Wildman–Crippen LogP) is 2.27. The quantitative estimate of drug-likeness (QED) is 0.146. The number of fused-ring (bicyclic) bond motifs is 4. The van der Waals surface area contributed by atoms with Gasteiger partial charge in [0.25, 0.3) is 0 Å². The Kier molecular flexibility index (Phi) is 10.3. The summed E-state index contributed by atoms with van der Waals surface area (Å²) in [7, 11) is 1.27. The zero-order chi connectivity index (χ0) is 36.1. The molecule has 12 heteroatoms. The third kappa shape index (κ3) is 6.09. The summed E-state index contributed by atoms with van der Waals surface area (Å²) in [4.78, 5) is 28.5. The monoisotopic (exact) mass is 711 g/mol. The SMILES string of the molecule is COC(=O)C1=CC2CCC=CC(C1CC(=O)O)C2OC1OC(CO)C23OC(CCCO)=c4[nH]c(C(C)C5CCCCC5)cc4=C2CCC1(O)C3O. The minimum Gasteiger partial charge on any atom is -0.481 e. The van der Waals surface area contributed by atoms with Gasteiger partial charge in [-0.2, -0.15) is 0 Å². The van der Waals surface area contributed by atoms with E-state index in [1.807, 2.05) is 12.2 Å². The molecule has 7 rings (SSSR count). The summed E-state index contributed by atoms with van der Waals surface area (Å²) >= 11 is 0. The molecule has 4 bridgehead atoms. The van der Waals surface area contributed by atoms with Gasteiger partial charge in [-0.25, -0.2) is 4.79 Å². The van der Waals surface area contributed by atoms with E-state index < -0.39 is 66.2 Å². The number of hydrogen-bond donors (Lipinski definition) is 6. The number of allylic oxidation sites excluding steroid dienone is 1. The zero-order valence-electron chi connectivity index (χ0n) is 29.6. The second-order valence-corrected chi connectivity index (χ2v) is 15.5. The number of methoxy groups -OCH3 is 1. The maximum absolute atomic E-state index is 12.8. The normalized spacial score (nSPS) is 36.7. The molecule has 0 amide bonds. The molecule has 6 aliphatic rings. The van der Waals surface area contributed by atoms with Crippen LogP contribution in [0, 0.1) is 23.7 Å². The molecule has 1 spiro atoms. The van der Waals surface area contributed by atoms with Gasteiger partial charge in [-0.1, -0.05) is 44.4 Å². The van der Waals surface area contributed by atoms with Gasteiger partial charge < -0.3 is 49.5 Å². The molecular formula is C39H53NO11. The van der Waals surface area contributed by atoms with Crippen LogP contribution in [0.1, 0.15) is 95.6 Å². The standard InChI is InChI=1S/C39H53NO11/c1-21(22-9-4-3-5-10-22)29-18-27-28-14-15-38(47)36(46)39(28,51-30(13-8-16-41)33(27)40-29)31(20-42)49-37(38)50-34-23-11-6-7-12-24(34)25(19-32(43)44)26(17-23)35(45)48-2/h7,12,17-18,21-25,31,34,36-37,40-42,46-47H,3-6,8-11,13-16,19-20H2,1-2H3,(H,43,44). The van der Waals surface area contributed by atoms with Gasteiger partial charge in [0, 0.05) is 47.3 Å². The Balaban J connectivity index is 1.26. The summed E-state index contributed by atoms with van der Waals surface area (Å²) in [5.41, 5.74) is -1.45. The molecule has 4 aliphatic carbocycles. The number of esters is 1. The maximum Gasteiger partial charge on any atom is 0.333 e. The van der Waals surface area contributed by atoms with Gasteiger partial charge >= 0.3 is 11.9 Å². The third-order valence-corrected chi connectivity index (χ3v) is 12.8. The van der Waals surface area contributed by atoms with E-state index in [1.54, 1.807) is 6.08 Å². The van der Waals surface area contributed by atoms with E-state index in [2.05, 4.69) is 18.0 Å². The Hall–Kier alpha value is -3.00. The molecule has 3 fully saturated rings. The molecule has 1 aromatic heterocycles.